The lowest BCUT2D eigenvalue weighted by Gasteiger charge is -2.06. The number of benzene rings is 1. The molecule has 0 unspecified atom stereocenters. The number of fused-ring (bicyclic) bond motifs is 1. The standard InChI is InChI=1S/C15H19N3O/c1-2-5-16-7-14-8-17-18-15(14)11-3-4-12-9-19-10-13(12)6-11/h3-4,6,8,16H,2,5,7,9-10H2,1H3,(H,17,18). The fourth-order valence-corrected chi connectivity index (χ4v) is 2.42. The van der Waals surface area contributed by atoms with Gasteiger partial charge in [0.1, 0.15) is 0 Å². The third-order valence-corrected chi connectivity index (χ3v) is 3.47. The van der Waals surface area contributed by atoms with Crippen LogP contribution in [-0.2, 0) is 24.5 Å². The Morgan fingerprint density at radius 2 is 2.21 bits per heavy atom. The summed E-state index contributed by atoms with van der Waals surface area (Å²) < 4.78 is 5.46. The van der Waals surface area contributed by atoms with E-state index in [9.17, 15) is 0 Å². The van der Waals surface area contributed by atoms with Crippen LogP contribution in [0, 0.1) is 0 Å². The molecule has 0 radical (unpaired) electrons. The van der Waals surface area contributed by atoms with E-state index in [0.717, 1.165) is 38.4 Å². The van der Waals surface area contributed by atoms with Gasteiger partial charge < -0.3 is 10.1 Å². The number of aromatic amines is 1. The van der Waals surface area contributed by atoms with Crippen molar-refractivity contribution >= 4 is 0 Å². The zero-order valence-corrected chi connectivity index (χ0v) is 11.2. The van der Waals surface area contributed by atoms with Gasteiger partial charge in [-0.2, -0.15) is 5.10 Å². The molecule has 1 aliphatic rings. The zero-order chi connectivity index (χ0) is 13.1. The van der Waals surface area contributed by atoms with E-state index in [1.165, 1.54) is 22.3 Å². The van der Waals surface area contributed by atoms with Crippen molar-refractivity contribution in [3.8, 4) is 11.3 Å². The maximum atomic E-state index is 5.46. The van der Waals surface area contributed by atoms with Crippen LogP contribution in [0.25, 0.3) is 11.3 Å². The van der Waals surface area contributed by atoms with E-state index in [2.05, 4.69) is 40.6 Å². The quantitative estimate of drug-likeness (QED) is 0.809. The van der Waals surface area contributed by atoms with Crippen molar-refractivity contribution < 1.29 is 4.74 Å². The largest absolute Gasteiger partial charge is 0.372 e. The van der Waals surface area contributed by atoms with E-state index in [1.54, 1.807) is 0 Å². The molecule has 0 spiro atoms. The molecular formula is C15H19N3O. The number of hydrogen-bond donors (Lipinski definition) is 2. The van der Waals surface area contributed by atoms with Crippen LogP contribution in [-0.4, -0.2) is 16.7 Å². The molecule has 0 atom stereocenters. The van der Waals surface area contributed by atoms with Crippen molar-refractivity contribution in [2.24, 2.45) is 0 Å². The van der Waals surface area contributed by atoms with Gasteiger partial charge in [0, 0.05) is 17.7 Å². The third kappa shape index (κ3) is 2.55. The highest BCUT2D eigenvalue weighted by molar-refractivity contribution is 5.64. The van der Waals surface area contributed by atoms with Crippen molar-refractivity contribution in [3.63, 3.8) is 0 Å². The first-order chi connectivity index (χ1) is 9.38. The monoisotopic (exact) mass is 257 g/mol. The van der Waals surface area contributed by atoms with Crippen LogP contribution in [0.3, 0.4) is 0 Å². The molecule has 3 rings (SSSR count). The molecule has 0 amide bonds. The molecule has 100 valence electrons. The summed E-state index contributed by atoms with van der Waals surface area (Å²) in [5.74, 6) is 0. The second kappa shape index (κ2) is 5.55. The van der Waals surface area contributed by atoms with Crippen LogP contribution in [0.4, 0.5) is 0 Å². The van der Waals surface area contributed by atoms with E-state index in [1.807, 2.05) is 6.20 Å². The molecule has 2 N–H and O–H groups in total. The van der Waals surface area contributed by atoms with Crippen molar-refractivity contribution in [2.75, 3.05) is 6.54 Å². The summed E-state index contributed by atoms with van der Waals surface area (Å²) in [5, 5.41) is 10.7. The summed E-state index contributed by atoms with van der Waals surface area (Å²) in [7, 11) is 0. The summed E-state index contributed by atoms with van der Waals surface area (Å²) in [5.41, 5.74) is 6.11. The van der Waals surface area contributed by atoms with Crippen LogP contribution in [0.1, 0.15) is 30.0 Å². The maximum Gasteiger partial charge on any atom is 0.0725 e. The van der Waals surface area contributed by atoms with Crippen LogP contribution in [0.15, 0.2) is 24.4 Å². The summed E-state index contributed by atoms with van der Waals surface area (Å²) in [6.45, 7) is 5.52. The van der Waals surface area contributed by atoms with Gasteiger partial charge in [0.15, 0.2) is 0 Å². The van der Waals surface area contributed by atoms with Crippen molar-refractivity contribution in [1.29, 1.82) is 0 Å². The Labute approximate surface area is 113 Å². The normalized spacial score (nSPS) is 13.7. The Balaban J connectivity index is 1.84. The van der Waals surface area contributed by atoms with Crippen molar-refractivity contribution in [1.82, 2.24) is 15.5 Å². The van der Waals surface area contributed by atoms with Gasteiger partial charge in [-0.1, -0.05) is 19.1 Å². The van der Waals surface area contributed by atoms with Gasteiger partial charge in [0.05, 0.1) is 25.1 Å². The average Bonchev–Trinajstić information content (AvgIpc) is 3.06. The van der Waals surface area contributed by atoms with Gasteiger partial charge in [-0.3, -0.25) is 5.10 Å². The molecule has 0 fully saturated rings. The molecule has 4 nitrogen and oxygen atoms in total. The van der Waals surface area contributed by atoms with E-state index < -0.39 is 0 Å². The first-order valence-corrected chi connectivity index (χ1v) is 6.81. The highest BCUT2D eigenvalue weighted by Gasteiger charge is 2.14. The maximum absolute atomic E-state index is 5.46. The Hall–Kier alpha value is -1.65. The van der Waals surface area contributed by atoms with Crippen LogP contribution >= 0.6 is 0 Å². The fourth-order valence-electron chi connectivity index (χ4n) is 2.42. The number of hydrogen-bond acceptors (Lipinski definition) is 3. The highest BCUT2D eigenvalue weighted by Crippen LogP contribution is 2.27. The van der Waals surface area contributed by atoms with Gasteiger partial charge >= 0.3 is 0 Å². The Morgan fingerprint density at radius 3 is 3.11 bits per heavy atom. The lowest BCUT2D eigenvalue weighted by Crippen LogP contribution is -2.13. The minimum Gasteiger partial charge on any atom is -0.372 e. The molecule has 0 bridgehead atoms. The van der Waals surface area contributed by atoms with Gasteiger partial charge in [0.25, 0.3) is 0 Å². The molecule has 0 saturated carbocycles. The first kappa shape index (κ1) is 12.4. The Bertz CT molecular complexity index is 562. The Morgan fingerprint density at radius 1 is 1.32 bits per heavy atom. The molecule has 19 heavy (non-hydrogen) atoms. The zero-order valence-electron chi connectivity index (χ0n) is 11.2. The van der Waals surface area contributed by atoms with Crippen LogP contribution < -0.4 is 5.32 Å². The van der Waals surface area contributed by atoms with Crippen molar-refractivity contribution in [2.45, 2.75) is 33.1 Å². The molecule has 2 heterocycles. The molecule has 1 aliphatic heterocycles. The lowest BCUT2D eigenvalue weighted by molar-refractivity contribution is 0.134. The molecule has 0 saturated heterocycles. The van der Waals surface area contributed by atoms with Crippen LogP contribution in [0.2, 0.25) is 0 Å². The second-order valence-corrected chi connectivity index (χ2v) is 4.92. The van der Waals surface area contributed by atoms with Crippen LogP contribution in [0.5, 0.6) is 0 Å². The summed E-state index contributed by atoms with van der Waals surface area (Å²) in [4.78, 5) is 0. The predicted molar refractivity (Wildman–Crippen MR) is 74.5 cm³/mol. The lowest BCUT2D eigenvalue weighted by atomic mass is 10.0. The fraction of sp³-hybridized carbons (Fsp3) is 0.400. The summed E-state index contributed by atoms with van der Waals surface area (Å²) in [6, 6.07) is 6.51. The molecule has 1 aromatic carbocycles. The number of rotatable bonds is 5. The highest BCUT2D eigenvalue weighted by atomic mass is 16.5. The molecule has 4 heteroatoms. The van der Waals surface area contributed by atoms with E-state index in [4.69, 9.17) is 4.74 Å². The summed E-state index contributed by atoms with van der Waals surface area (Å²) in [6.07, 6.45) is 3.05. The SMILES string of the molecule is CCCNCc1cn[nH]c1-c1ccc2c(c1)COC2. The van der Waals surface area contributed by atoms with Gasteiger partial charge in [-0.05, 0) is 30.2 Å². The molecule has 1 aromatic heterocycles. The topological polar surface area (TPSA) is 49.9 Å². The van der Waals surface area contributed by atoms with Gasteiger partial charge in [-0.25, -0.2) is 0 Å². The van der Waals surface area contributed by atoms with Crippen molar-refractivity contribution in [3.05, 3.63) is 41.1 Å². The van der Waals surface area contributed by atoms with Gasteiger partial charge in [0.2, 0.25) is 0 Å². The third-order valence-electron chi connectivity index (χ3n) is 3.47. The number of ether oxygens (including phenoxy) is 1. The second-order valence-electron chi connectivity index (χ2n) is 4.92. The summed E-state index contributed by atoms with van der Waals surface area (Å²) >= 11 is 0. The molecule has 0 aliphatic carbocycles. The van der Waals surface area contributed by atoms with E-state index >= 15 is 0 Å². The molecular weight excluding hydrogens is 238 g/mol. The minimum atomic E-state index is 0.723. The minimum absolute atomic E-state index is 0.723. The smallest absolute Gasteiger partial charge is 0.0725 e. The average molecular weight is 257 g/mol. The van der Waals surface area contributed by atoms with E-state index in [0.29, 0.717) is 0 Å². The number of H-pyrrole nitrogens is 1. The van der Waals surface area contributed by atoms with E-state index in [-0.39, 0.29) is 0 Å². The predicted octanol–water partition coefficient (Wildman–Crippen LogP) is 2.61. The number of aromatic nitrogens is 2. The van der Waals surface area contributed by atoms with Gasteiger partial charge in [-0.15, -0.1) is 0 Å². The first-order valence-electron chi connectivity index (χ1n) is 6.81. The number of nitrogens with one attached hydrogen (secondary N) is 2. The molecule has 2 aromatic rings. The number of nitrogens with zero attached hydrogens (tertiary/aromatic N) is 1. The Kier molecular flexibility index (Phi) is 3.62.